The van der Waals surface area contributed by atoms with Crippen molar-refractivity contribution in [2.45, 2.75) is 25.9 Å². The van der Waals surface area contributed by atoms with Crippen LogP contribution < -0.4 is 9.47 Å². The van der Waals surface area contributed by atoms with Crippen molar-refractivity contribution in [1.82, 2.24) is 0 Å². The van der Waals surface area contributed by atoms with Gasteiger partial charge in [0.1, 0.15) is 18.1 Å². The van der Waals surface area contributed by atoms with Crippen LogP contribution in [0.2, 0.25) is 0 Å². The van der Waals surface area contributed by atoms with Gasteiger partial charge in [-0.1, -0.05) is 11.6 Å². The van der Waals surface area contributed by atoms with E-state index in [1.54, 1.807) is 0 Å². The van der Waals surface area contributed by atoms with Gasteiger partial charge in [0.15, 0.2) is 17.1 Å². The van der Waals surface area contributed by atoms with Crippen molar-refractivity contribution in [2.75, 3.05) is 13.7 Å². The van der Waals surface area contributed by atoms with Crippen LogP contribution in [0.25, 0.3) is 0 Å². The molecule has 7 heteroatoms. The minimum atomic E-state index is -2.21. The molecule has 0 aliphatic carbocycles. The van der Waals surface area contributed by atoms with Crippen molar-refractivity contribution in [2.24, 2.45) is 0 Å². The van der Waals surface area contributed by atoms with Crippen LogP contribution in [0.4, 0.5) is 0 Å². The molecule has 1 aliphatic heterocycles. The van der Waals surface area contributed by atoms with Crippen LogP contribution in [0.1, 0.15) is 35.3 Å². The standard InChI is InChI=1S/C21H22O7/c1-11(2)4-5-12-8-15(17(23)18(24)19(12)27-3)21(26)10-28-16-9-13(22)6-7-14(16)20(21)25/h4,6-9,22-24,26H,5,10H2,1-3H3. The predicted molar refractivity (Wildman–Crippen MR) is 101 cm³/mol. The van der Waals surface area contributed by atoms with Crippen LogP contribution in [0.3, 0.4) is 0 Å². The molecule has 2 aromatic carbocycles. The number of phenolic OH excluding ortho intramolecular Hbond substituents is 3. The molecular weight excluding hydrogens is 364 g/mol. The molecule has 0 aromatic heterocycles. The summed E-state index contributed by atoms with van der Waals surface area (Å²) < 4.78 is 10.7. The summed E-state index contributed by atoms with van der Waals surface area (Å²) in [5.74, 6) is -1.80. The molecule has 0 saturated heterocycles. The molecule has 0 spiro atoms. The Bertz CT molecular complexity index is 973. The summed E-state index contributed by atoms with van der Waals surface area (Å²) in [5.41, 5.74) is -0.802. The largest absolute Gasteiger partial charge is 0.508 e. The van der Waals surface area contributed by atoms with Crippen molar-refractivity contribution in [3.8, 4) is 28.7 Å². The maximum absolute atomic E-state index is 13.0. The number of benzene rings is 2. The zero-order valence-electron chi connectivity index (χ0n) is 15.8. The second-order valence-corrected chi connectivity index (χ2v) is 6.96. The zero-order chi connectivity index (χ0) is 20.6. The highest BCUT2D eigenvalue weighted by atomic mass is 16.5. The molecule has 0 amide bonds. The Balaban J connectivity index is 2.16. The Hall–Kier alpha value is -3.19. The van der Waals surface area contributed by atoms with E-state index in [1.807, 2.05) is 19.9 Å². The van der Waals surface area contributed by atoms with Gasteiger partial charge in [0.2, 0.25) is 11.5 Å². The van der Waals surface area contributed by atoms with Gasteiger partial charge in [-0.15, -0.1) is 0 Å². The highest BCUT2D eigenvalue weighted by molar-refractivity contribution is 6.06. The predicted octanol–water partition coefficient (Wildman–Crippen LogP) is 2.78. The third-order valence-electron chi connectivity index (χ3n) is 4.71. The summed E-state index contributed by atoms with van der Waals surface area (Å²) >= 11 is 0. The number of phenols is 3. The van der Waals surface area contributed by atoms with Gasteiger partial charge in [-0.05, 0) is 38.5 Å². The Labute approximate surface area is 162 Å². The second kappa shape index (κ2) is 7.09. The highest BCUT2D eigenvalue weighted by Gasteiger charge is 2.47. The topological polar surface area (TPSA) is 116 Å². The van der Waals surface area contributed by atoms with Crippen molar-refractivity contribution < 1.29 is 34.7 Å². The first-order valence-corrected chi connectivity index (χ1v) is 8.67. The molecule has 0 bridgehead atoms. The molecule has 1 aliphatic rings. The monoisotopic (exact) mass is 386 g/mol. The molecule has 1 atom stereocenters. The third-order valence-corrected chi connectivity index (χ3v) is 4.71. The fraction of sp³-hybridized carbons (Fsp3) is 0.286. The van der Waals surface area contributed by atoms with E-state index in [-0.39, 0.29) is 28.4 Å². The number of hydrogen-bond acceptors (Lipinski definition) is 7. The average molecular weight is 386 g/mol. The van der Waals surface area contributed by atoms with E-state index in [2.05, 4.69) is 0 Å². The van der Waals surface area contributed by atoms with Crippen molar-refractivity contribution in [3.63, 3.8) is 0 Å². The van der Waals surface area contributed by atoms with Gasteiger partial charge < -0.3 is 29.9 Å². The van der Waals surface area contributed by atoms with Gasteiger partial charge in [-0.3, -0.25) is 4.79 Å². The molecule has 0 saturated carbocycles. The molecule has 0 fully saturated rings. The Morgan fingerprint density at radius 3 is 2.57 bits per heavy atom. The van der Waals surface area contributed by atoms with Crippen LogP contribution in [-0.4, -0.2) is 39.9 Å². The first-order valence-electron chi connectivity index (χ1n) is 8.67. The van der Waals surface area contributed by atoms with Gasteiger partial charge in [0.05, 0.1) is 12.7 Å². The number of methoxy groups -OCH3 is 1. The van der Waals surface area contributed by atoms with Gasteiger partial charge in [0.25, 0.3) is 0 Å². The third kappa shape index (κ3) is 3.14. The molecular formula is C21H22O7. The number of ketones is 1. The number of allylic oxidation sites excluding steroid dienone is 2. The number of fused-ring (bicyclic) bond motifs is 1. The minimum absolute atomic E-state index is 0.0621. The maximum Gasteiger partial charge on any atom is 0.206 e. The molecule has 0 radical (unpaired) electrons. The number of Topliss-reactive ketones (excluding diaryl/α,β-unsaturated/α-hetero) is 1. The lowest BCUT2D eigenvalue weighted by Gasteiger charge is -2.33. The summed E-state index contributed by atoms with van der Waals surface area (Å²) in [4.78, 5) is 13.0. The summed E-state index contributed by atoms with van der Waals surface area (Å²) in [6.07, 6.45) is 2.25. The smallest absolute Gasteiger partial charge is 0.206 e. The second-order valence-electron chi connectivity index (χ2n) is 6.96. The highest BCUT2D eigenvalue weighted by Crippen LogP contribution is 2.47. The Morgan fingerprint density at radius 2 is 1.93 bits per heavy atom. The Kier molecular flexibility index (Phi) is 4.95. The van der Waals surface area contributed by atoms with Gasteiger partial charge >= 0.3 is 0 Å². The lowest BCUT2D eigenvalue weighted by molar-refractivity contribution is -0.00653. The number of aliphatic hydroxyl groups is 1. The molecule has 3 rings (SSSR count). The van der Waals surface area contributed by atoms with Crippen molar-refractivity contribution >= 4 is 5.78 Å². The van der Waals surface area contributed by atoms with Crippen LogP contribution >= 0.6 is 0 Å². The van der Waals surface area contributed by atoms with E-state index in [9.17, 15) is 25.2 Å². The lowest BCUT2D eigenvalue weighted by atomic mass is 9.82. The maximum atomic E-state index is 13.0. The number of carbonyl (C=O) groups is 1. The van der Waals surface area contributed by atoms with Crippen LogP contribution in [0.5, 0.6) is 28.7 Å². The minimum Gasteiger partial charge on any atom is -0.508 e. The van der Waals surface area contributed by atoms with E-state index >= 15 is 0 Å². The molecule has 28 heavy (non-hydrogen) atoms. The van der Waals surface area contributed by atoms with Gasteiger partial charge in [-0.2, -0.15) is 0 Å². The summed E-state index contributed by atoms with van der Waals surface area (Å²) in [6, 6.07) is 5.34. The molecule has 1 unspecified atom stereocenters. The average Bonchev–Trinajstić information content (AvgIpc) is 2.65. The van der Waals surface area contributed by atoms with Crippen LogP contribution in [0, 0.1) is 0 Å². The zero-order valence-corrected chi connectivity index (χ0v) is 15.8. The van der Waals surface area contributed by atoms with E-state index in [1.165, 1.54) is 31.4 Å². The SMILES string of the molecule is COc1c(CC=C(C)C)cc(C2(O)COc3cc(O)ccc3C2=O)c(O)c1O. The van der Waals surface area contributed by atoms with Crippen molar-refractivity contribution in [3.05, 3.63) is 52.6 Å². The molecule has 1 heterocycles. The number of carbonyl (C=O) groups excluding carboxylic acids is 1. The normalized spacial score (nSPS) is 18.2. The number of rotatable bonds is 4. The fourth-order valence-electron chi connectivity index (χ4n) is 3.19. The molecule has 7 nitrogen and oxygen atoms in total. The van der Waals surface area contributed by atoms with E-state index in [0.29, 0.717) is 12.0 Å². The molecule has 2 aromatic rings. The van der Waals surface area contributed by atoms with Crippen molar-refractivity contribution in [1.29, 1.82) is 0 Å². The quantitative estimate of drug-likeness (QED) is 0.472. The number of aromatic hydroxyl groups is 3. The fourth-order valence-corrected chi connectivity index (χ4v) is 3.19. The van der Waals surface area contributed by atoms with Gasteiger partial charge in [-0.25, -0.2) is 0 Å². The summed E-state index contributed by atoms with van der Waals surface area (Å²) in [7, 11) is 1.35. The first kappa shape index (κ1) is 19.6. The first-order chi connectivity index (χ1) is 13.2. The summed E-state index contributed by atoms with van der Waals surface area (Å²) in [5, 5.41) is 41.6. The van der Waals surface area contributed by atoms with E-state index in [4.69, 9.17) is 9.47 Å². The Morgan fingerprint density at radius 1 is 1.21 bits per heavy atom. The lowest BCUT2D eigenvalue weighted by Crippen LogP contribution is -2.45. The van der Waals surface area contributed by atoms with E-state index in [0.717, 1.165) is 5.57 Å². The summed E-state index contributed by atoms with van der Waals surface area (Å²) in [6.45, 7) is 3.34. The molecule has 4 N–H and O–H groups in total. The van der Waals surface area contributed by atoms with Gasteiger partial charge in [0, 0.05) is 17.2 Å². The number of hydrogen-bond donors (Lipinski definition) is 4. The molecule has 148 valence electrons. The number of ether oxygens (including phenoxy) is 2. The van der Waals surface area contributed by atoms with Crippen LogP contribution in [-0.2, 0) is 12.0 Å². The van der Waals surface area contributed by atoms with E-state index < -0.39 is 29.5 Å². The van der Waals surface area contributed by atoms with Crippen LogP contribution in [0.15, 0.2) is 35.9 Å².